The van der Waals surface area contributed by atoms with Crippen LogP contribution in [0.15, 0.2) is 4.42 Å². The fourth-order valence-electron chi connectivity index (χ4n) is 1.59. The van der Waals surface area contributed by atoms with E-state index in [1.165, 1.54) is 0 Å². The average Bonchev–Trinajstić information content (AvgIpc) is 2.57. The van der Waals surface area contributed by atoms with Gasteiger partial charge in [0.25, 0.3) is 5.91 Å². The molecule has 0 radical (unpaired) electrons. The zero-order chi connectivity index (χ0) is 12.1. The maximum atomic E-state index is 11.8. The van der Waals surface area contributed by atoms with Crippen molar-refractivity contribution in [3.63, 3.8) is 0 Å². The summed E-state index contributed by atoms with van der Waals surface area (Å²) in [6, 6.07) is 0.00214. The highest BCUT2D eigenvalue weighted by atomic mass is 16.4. The summed E-state index contributed by atoms with van der Waals surface area (Å²) in [5.74, 6) is 0.552. The number of carbonyl (C=O) groups is 1. The van der Waals surface area contributed by atoms with Crippen LogP contribution in [0.4, 0.5) is 0 Å². The molecule has 0 saturated heterocycles. The number of hydrogen-bond acceptors (Lipinski definition) is 4. The van der Waals surface area contributed by atoms with Crippen molar-refractivity contribution >= 4 is 5.91 Å². The molecule has 1 amide bonds. The highest BCUT2D eigenvalue weighted by Gasteiger charge is 2.18. The van der Waals surface area contributed by atoms with E-state index in [1.807, 2.05) is 0 Å². The van der Waals surface area contributed by atoms with Gasteiger partial charge in [-0.05, 0) is 13.3 Å². The lowest BCUT2D eigenvalue weighted by Gasteiger charge is -2.14. The van der Waals surface area contributed by atoms with Crippen LogP contribution in [0.1, 0.15) is 41.9 Å². The summed E-state index contributed by atoms with van der Waals surface area (Å²) in [5, 5.41) is 2.84. The molecule has 0 aliphatic heterocycles. The van der Waals surface area contributed by atoms with Crippen LogP contribution in [0, 0.1) is 13.8 Å². The minimum Gasteiger partial charge on any atom is -0.436 e. The van der Waals surface area contributed by atoms with Crippen LogP contribution in [0.25, 0.3) is 0 Å². The van der Waals surface area contributed by atoms with Gasteiger partial charge in [-0.25, -0.2) is 4.98 Å². The van der Waals surface area contributed by atoms with Gasteiger partial charge < -0.3 is 15.5 Å². The molecule has 1 atom stereocenters. The summed E-state index contributed by atoms with van der Waals surface area (Å²) in [4.78, 5) is 15.9. The number of nitrogens with one attached hydrogen (secondary N) is 1. The normalized spacial score (nSPS) is 12.5. The molecule has 0 fully saturated rings. The number of aryl methyl sites for hydroxylation is 2. The van der Waals surface area contributed by atoms with Crippen LogP contribution in [0.3, 0.4) is 0 Å². The third-order valence-corrected chi connectivity index (χ3v) is 2.37. The Morgan fingerprint density at radius 2 is 2.25 bits per heavy atom. The minimum absolute atomic E-state index is 0.00214. The number of amides is 1. The zero-order valence-corrected chi connectivity index (χ0v) is 10.0. The number of oxazole rings is 1. The fourth-order valence-corrected chi connectivity index (χ4v) is 1.59. The lowest BCUT2D eigenvalue weighted by Crippen LogP contribution is -2.40. The molecule has 5 nitrogen and oxygen atoms in total. The number of hydrogen-bond donors (Lipinski definition) is 2. The second kappa shape index (κ2) is 5.65. The van der Waals surface area contributed by atoms with Crippen LogP contribution >= 0.6 is 0 Å². The molecule has 0 spiro atoms. The standard InChI is InChI=1S/C11H19N3O2/c1-4-5-9(6-12)14-11(15)10-7(2)13-8(3)16-10/h9H,4-6,12H2,1-3H3,(H,14,15). The average molecular weight is 225 g/mol. The van der Waals surface area contributed by atoms with Crippen molar-refractivity contribution in [3.05, 3.63) is 17.3 Å². The van der Waals surface area contributed by atoms with Crippen molar-refractivity contribution in [1.29, 1.82) is 0 Å². The molecule has 1 aromatic rings. The van der Waals surface area contributed by atoms with Gasteiger partial charge in [0.15, 0.2) is 5.89 Å². The third kappa shape index (κ3) is 3.06. The quantitative estimate of drug-likeness (QED) is 0.787. The van der Waals surface area contributed by atoms with Crippen molar-refractivity contribution in [3.8, 4) is 0 Å². The fraction of sp³-hybridized carbons (Fsp3) is 0.636. The van der Waals surface area contributed by atoms with Crippen molar-refractivity contribution < 1.29 is 9.21 Å². The smallest absolute Gasteiger partial charge is 0.289 e. The Morgan fingerprint density at radius 3 is 2.69 bits per heavy atom. The number of aromatic nitrogens is 1. The van der Waals surface area contributed by atoms with Crippen molar-refractivity contribution in [2.75, 3.05) is 6.54 Å². The molecule has 90 valence electrons. The van der Waals surface area contributed by atoms with Gasteiger partial charge >= 0.3 is 0 Å². The minimum atomic E-state index is -0.234. The molecule has 0 aliphatic rings. The van der Waals surface area contributed by atoms with Gasteiger partial charge in [0, 0.05) is 19.5 Å². The number of carbonyl (C=O) groups excluding carboxylic acids is 1. The summed E-state index contributed by atoms with van der Waals surface area (Å²) < 4.78 is 5.24. The van der Waals surface area contributed by atoms with Crippen LogP contribution in [0.5, 0.6) is 0 Å². The molecular weight excluding hydrogens is 206 g/mol. The van der Waals surface area contributed by atoms with Gasteiger partial charge in [0.1, 0.15) is 0 Å². The Balaban J connectivity index is 2.67. The van der Waals surface area contributed by atoms with Gasteiger partial charge in [0.05, 0.1) is 5.69 Å². The van der Waals surface area contributed by atoms with E-state index >= 15 is 0 Å². The first-order valence-electron chi connectivity index (χ1n) is 5.53. The van der Waals surface area contributed by atoms with E-state index in [-0.39, 0.29) is 17.7 Å². The van der Waals surface area contributed by atoms with E-state index in [0.29, 0.717) is 18.1 Å². The molecule has 16 heavy (non-hydrogen) atoms. The number of nitrogens with zero attached hydrogens (tertiary/aromatic N) is 1. The van der Waals surface area contributed by atoms with Gasteiger partial charge in [-0.2, -0.15) is 0 Å². The Hall–Kier alpha value is -1.36. The van der Waals surface area contributed by atoms with Crippen LogP contribution in [-0.4, -0.2) is 23.5 Å². The van der Waals surface area contributed by atoms with Crippen molar-refractivity contribution in [2.24, 2.45) is 5.73 Å². The summed E-state index contributed by atoms with van der Waals surface area (Å²) in [7, 11) is 0. The van der Waals surface area contributed by atoms with Gasteiger partial charge in [0.2, 0.25) is 5.76 Å². The predicted molar refractivity (Wildman–Crippen MR) is 61.2 cm³/mol. The molecule has 0 aromatic carbocycles. The molecule has 5 heteroatoms. The molecule has 0 bridgehead atoms. The van der Waals surface area contributed by atoms with Crippen LogP contribution in [-0.2, 0) is 0 Å². The molecule has 1 unspecified atom stereocenters. The number of nitrogens with two attached hydrogens (primary N) is 1. The molecule has 1 heterocycles. The van der Waals surface area contributed by atoms with E-state index in [0.717, 1.165) is 12.8 Å². The molecule has 1 rings (SSSR count). The first-order valence-corrected chi connectivity index (χ1v) is 5.53. The molecular formula is C11H19N3O2. The van der Waals surface area contributed by atoms with Gasteiger partial charge in [-0.15, -0.1) is 0 Å². The first-order chi connectivity index (χ1) is 7.58. The Labute approximate surface area is 95.4 Å². The van der Waals surface area contributed by atoms with E-state index in [4.69, 9.17) is 10.2 Å². The monoisotopic (exact) mass is 225 g/mol. The summed E-state index contributed by atoms with van der Waals surface area (Å²) in [6.07, 6.45) is 1.85. The van der Waals surface area contributed by atoms with Gasteiger partial charge in [-0.1, -0.05) is 13.3 Å². The van der Waals surface area contributed by atoms with E-state index in [2.05, 4.69) is 17.2 Å². The molecule has 0 saturated carbocycles. The maximum absolute atomic E-state index is 11.8. The zero-order valence-electron chi connectivity index (χ0n) is 10.0. The molecule has 3 N–H and O–H groups in total. The second-order valence-electron chi connectivity index (χ2n) is 3.84. The summed E-state index contributed by atoms with van der Waals surface area (Å²) >= 11 is 0. The second-order valence-corrected chi connectivity index (χ2v) is 3.84. The lowest BCUT2D eigenvalue weighted by atomic mass is 10.1. The highest BCUT2D eigenvalue weighted by molar-refractivity contribution is 5.92. The largest absolute Gasteiger partial charge is 0.436 e. The van der Waals surface area contributed by atoms with E-state index in [1.54, 1.807) is 13.8 Å². The Kier molecular flexibility index (Phi) is 4.49. The van der Waals surface area contributed by atoms with Gasteiger partial charge in [-0.3, -0.25) is 4.79 Å². The topological polar surface area (TPSA) is 81.1 Å². The highest BCUT2D eigenvalue weighted by Crippen LogP contribution is 2.09. The number of rotatable bonds is 5. The molecule has 1 aromatic heterocycles. The third-order valence-electron chi connectivity index (χ3n) is 2.37. The predicted octanol–water partition coefficient (Wildman–Crippen LogP) is 1.15. The first kappa shape index (κ1) is 12.7. The van der Waals surface area contributed by atoms with Crippen molar-refractivity contribution in [1.82, 2.24) is 10.3 Å². The Morgan fingerprint density at radius 1 is 1.56 bits per heavy atom. The molecule has 0 aliphatic carbocycles. The maximum Gasteiger partial charge on any atom is 0.289 e. The summed E-state index contributed by atoms with van der Waals surface area (Å²) in [5.41, 5.74) is 6.18. The Bertz CT molecular complexity index is 360. The summed E-state index contributed by atoms with van der Waals surface area (Å²) in [6.45, 7) is 5.96. The van der Waals surface area contributed by atoms with Crippen LogP contribution in [0.2, 0.25) is 0 Å². The van der Waals surface area contributed by atoms with Crippen LogP contribution < -0.4 is 11.1 Å². The lowest BCUT2D eigenvalue weighted by molar-refractivity contribution is 0.0906. The SMILES string of the molecule is CCCC(CN)NC(=O)c1oc(C)nc1C. The van der Waals surface area contributed by atoms with E-state index in [9.17, 15) is 4.79 Å². The van der Waals surface area contributed by atoms with Crippen molar-refractivity contribution in [2.45, 2.75) is 39.7 Å². The van der Waals surface area contributed by atoms with E-state index < -0.39 is 0 Å².